The first-order chi connectivity index (χ1) is 12.9. The van der Waals surface area contributed by atoms with Crippen LogP contribution in [0, 0.1) is 6.92 Å². The van der Waals surface area contributed by atoms with E-state index >= 15 is 0 Å². The van der Waals surface area contributed by atoms with E-state index in [9.17, 15) is 9.59 Å². The molecule has 0 aliphatic carbocycles. The predicted molar refractivity (Wildman–Crippen MR) is 111 cm³/mol. The lowest BCUT2D eigenvalue weighted by atomic mass is 10.1. The number of anilines is 2. The van der Waals surface area contributed by atoms with Crippen LogP contribution in [-0.4, -0.2) is 22.0 Å². The highest BCUT2D eigenvalue weighted by Crippen LogP contribution is 2.27. The van der Waals surface area contributed by atoms with Crippen LogP contribution < -0.4 is 10.6 Å². The van der Waals surface area contributed by atoms with Gasteiger partial charge in [0.05, 0.1) is 15.8 Å². The highest BCUT2D eigenvalue weighted by Gasteiger charge is 2.16. The molecule has 0 spiro atoms. The van der Waals surface area contributed by atoms with Crippen molar-refractivity contribution >= 4 is 45.9 Å². The summed E-state index contributed by atoms with van der Waals surface area (Å²) in [5, 5.41) is 7.24. The summed E-state index contributed by atoms with van der Waals surface area (Å²) in [7, 11) is 0. The second-order valence-electron chi connectivity index (χ2n) is 6.30. The maximum Gasteiger partial charge on any atom is 0.237 e. The number of pyridine rings is 1. The number of aryl methyl sites for hydroxylation is 1. The van der Waals surface area contributed by atoms with Gasteiger partial charge in [-0.1, -0.05) is 30.0 Å². The van der Waals surface area contributed by atoms with E-state index in [1.807, 2.05) is 37.3 Å². The number of nitrogens with one attached hydrogen (secondary N) is 2. The van der Waals surface area contributed by atoms with Crippen molar-refractivity contribution in [3.05, 3.63) is 60.2 Å². The summed E-state index contributed by atoms with van der Waals surface area (Å²) in [5.41, 5.74) is 3.45. The predicted octanol–water partition coefficient (Wildman–Crippen LogP) is 4.62. The molecule has 2 amide bonds. The van der Waals surface area contributed by atoms with Crippen LogP contribution in [0.5, 0.6) is 0 Å². The fourth-order valence-electron chi connectivity index (χ4n) is 2.70. The van der Waals surface area contributed by atoms with Gasteiger partial charge in [-0.05, 0) is 55.8 Å². The van der Waals surface area contributed by atoms with E-state index in [4.69, 9.17) is 0 Å². The van der Waals surface area contributed by atoms with Crippen molar-refractivity contribution in [1.82, 2.24) is 4.98 Å². The molecule has 0 aliphatic rings. The standard InChI is InChI=1S/C21H21N3O2S/c1-13-12-20(24-19-7-5-4-6-18(13)19)27-14(2)21(26)23-17-10-8-16(9-11-17)22-15(3)25/h4-12,14H,1-3H3,(H,22,25)(H,23,26)/t14-/m1/s1. The van der Waals surface area contributed by atoms with Gasteiger partial charge >= 0.3 is 0 Å². The van der Waals surface area contributed by atoms with E-state index in [-0.39, 0.29) is 17.1 Å². The summed E-state index contributed by atoms with van der Waals surface area (Å²) < 4.78 is 0. The number of thioether (sulfide) groups is 1. The first-order valence-electron chi connectivity index (χ1n) is 8.64. The molecular formula is C21H21N3O2S. The summed E-state index contributed by atoms with van der Waals surface area (Å²) in [6.07, 6.45) is 0. The van der Waals surface area contributed by atoms with Gasteiger partial charge in [-0.25, -0.2) is 4.98 Å². The minimum atomic E-state index is -0.298. The second kappa shape index (κ2) is 8.22. The maximum absolute atomic E-state index is 12.5. The van der Waals surface area contributed by atoms with Crippen molar-refractivity contribution in [1.29, 1.82) is 0 Å². The second-order valence-corrected chi connectivity index (χ2v) is 7.66. The number of benzene rings is 2. The molecule has 3 aromatic rings. The lowest BCUT2D eigenvalue weighted by Crippen LogP contribution is -2.22. The number of amides is 2. The number of carbonyl (C=O) groups is 2. The summed E-state index contributed by atoms with van der Waals surface area (Å²) in [4.78, 5) is 28.2. The third-order valence-electron chi connectivity index (χ3n) is 4.04. The number of nitrogens with zero attached hydrogens (tertiary/aromatic N) is 1. The first kappa shape index (κ1) is 18.9. The molecule has 0 fully saturated rings. The van der Waals surface area contributed by atoms with Gasteiger partial charge in [-0.3, -0.25) is 9.59 Å². The molecule has 6 heteroatoms. The van der Waals surface area contributed by atoms with Crippen LogP contribution in [-0.2, 0) is 9.59 Å². The SMILES string of the molecule is CC(=O)Nc1ccc(NC(=O)[C@@H](C)Sc2cc(C)c3ccccc3n2)cc1. The van der Waals surface area contributed by atoms with E-state index in [0.717, 1.165) is 21.5 Å². The molecule has 27 heavy (non-hydrogen) atoms. The van der Waals surface area contributed by atoms with Gasteiger partial charge < -0.3 is 10.6 Å². The lowest BCUT2D eigenvalue weighted by molar-refractivity contribution is -0.115. The zero-order chi connectivity index (χ0) is 19.4. The van der Waals surface area contributed by atoms with E-state index in [1.54, 1.807) is 24.3 Å². The Kier molecular flexibility index (Phi) is 5.76. The highest BCUT2D eigenvalue weighted by atomic mass is 32.2. The molecular weight excluding hydrogens is 358 g/mol. The average molecular weight is 379 g/mol. The molecule has 1 heterocycles. The summed E-state index contributed by atoms with van der Waals surface area (Å²) in [6, 6.07) is 17.0. The van der Waals surface area contributed by atoms with E-state index < -0.39 is 0 Å². The van der Waals surface area contributed by atoms with Gasteiger partial charge in [0.15, 0.2) is 0 Å². The van der Waals surface area contributed by atoms with Crippen molar-refractivity contribution in [2.75, 3.05) is 10.6 Å². The minimum absolute atomic E-state index is 0.0973. The number of aromatic nitrogens is 1. The largest absolute Gasteiger partial charge is 0.326 e. The molecule has 1 aromatic heterocycles. The molecule has 5 nitrogen and oxygen atoms in total. The van der Waals surface area contributed by atoms with E-state index in [0.29, 0.717) is 11.4 Å². The Morgan fingerprint density at radius 3 is 2.30 bits per heavy atom. The van der Waals surface area contributed by atoms with Crippen molar-refractivity contribution < 1.29 is 9.59 Å². The summed E-state index contributed by atoms with van der Waals surface area (Å²) >= 11 is 1.43. The Balaban J connectivity index is 1.66. The molecule has 138 valence electrons. The maximum atomic E-state index is 12.5. The molecule has 0 saturated carbocycles. The van der Waals surface area contributed by atoms with Crippen LogP contribution >= 0.6 is 11.8 Å². The van der Waals surface area contributed by atoms with Crippen molar-refractivity contribution in [2.24, 2.45) is 0 Å². The smallest absolute Gasteiger partial charge is 0.237 e. The molecule has 0 saturated heterocycles. The Bertz CT molecular complexity index is 986. The molecule has 1 atom stereocenters. The average Bonchev–Trinajstić information content (AvgIpc) is 2.63. The molecule has 0 bridgehead atoms. The number of rotatable bonds is 5. The fraction of sp³-hybridized carbons (Fsp3) is 0.190. The number of hydrogen-bond acceptors (Lipinski definition) is 4. The number of para-hydroxylation sites is 1. The number of fused-ring (bicyclic) bond motifs is 1. The van der Waals surface area contributed by atoms with Gasteiger partial charge in [0.25, 0.3) is 0 Å². The fourth-order valence-corrected chi connectivity index (χ4v) is 3.62. The van der Waals surface area contributed by atoms with Crippen LogP contribution in [0.15, 0.2) is 59.6 Å². The third kappa shape index (κ3) is 4.86. The molecule has 2 aromatic carbocycles. The van der Waals surface area contributed by atoms with Gasteiger partial charge in [0.2, 0.25) is 11.8 Å². The third-order valence-corrected chi connectivity index (χ3v) is 5.06. The van der Waals surface area contributed by atoms with Crippen LogP contribution in [0.3, 0.4) is 0 Å². The Morgan fingerprint density at radius 2 is 1.63 bits per heavy atom. The summed E-state index contributed by atoms with van der Waals surface area (Å²) in [5.74, 6) is -0.227. The Morgan fingerprint density at radius 1 is 1.00 bits per heavy atom. The van der Waals surface area contributed by atoms with Crippen LogP contribution in [0.1, 0.15) is 19.4 Å². The van der Waals surface area contributed by atoms with Crippen molar-refractivity contribution in [3.63, 3.8) is 0 Å². The first-order valence-corrected chi connectivity index (χ1v) is 9.52. The van der Waals surface area contributed by atoms with Crippen LogP contribution in [0.25, 0.3) is 10.9 Å². The topological polar surface area (TPSA) is 71.1 Å². The van der Waals surface area contributed by atoms with Gasteiger partial charge in [-0.2, -0.15) is 0 Å². The zero-order valence-corrected chi connectivity index (χ0v) is 16.3. The summed E-state index contributed by atoms with van der Waals surface area (Å²) in [6.45, 7) is 5.37. The lowest BCUT2D eigenvalue weighted by Gasteiger charge is -2.13. The normalized spacial score (nSPS) is 11.8. The van der Waals surface area contributed by atoms with Gasteiger partial charge in [0, 0.05) is 23.7 Å². The number of carbonyl (C=O) groups excluding carboxylic acids is 2. The van der Waals surface area contributed by atoms with E-state index in [1.165, 1.54) is 18.7 Å². The zero-order valence-electron chi connectivity index (χ0n) is 15.4. The molecule has 0 aliphatic heterocycles. The van der Waals surface area contributed by atoms with E-state index in [2.05, 4.69) is 22.5 Å². The Hall–Kier alpha value is -2.86. The monoisotopic (exact) mass is 379 g/mol. The molecule has 3 rings (SSSR count). The van der Waals surface area contributed by atoms with Crippen molar-refractivity contribution in [3.8, 4) is 0 Å². The van der Waals surface area contributed by atoms with Gasteiger partial charge in [-0.15, -0.1) is 0 Å². The van der Waals surface area contributed by atoms with Crippen molar-refractivity contribution in [2.45, 2.75) is 31.0 Å². The molecule has 0 radical (unpaired) electrons. The molecule has 2 N–H and O–H groups in total. The van der Waals surface area contributed by atoms with Crippen LogP contribution in [0.4, 0.5) is 11.4 Å². The van der Waals surface area contributed by atoms with Crippen LogP contribution in [0.2, 0.25) is 0 Å². The quantitative estimate of drug-likeness (QED) is 0.635. The number of hydrogen-bond donors (Lipinski definition) is 2. The van der Waals surface area contributed by atoms with Gasteiger partial charge in [0.1, 0.15) is 0 Å². The Labute approximate surface area is 162 Å². The molecule has 0 unspecified atom stereocenters. The minimum Gasteiger partial charge on any atom is -0.326 e. The highest BCUT2D eigenvalue weighted by molar-refractivity contribution is 8.00.